The van der Waals surface area contributed by atoms with Crippen LogP contribution in [-0.2, 0) is 4.74 Å². The Labute approximate surface area is 110 Å². The third-order valence-corrected chi connectivity index (χ3v) is 7.74. The van der Waals surface area contributed by atoms with E-state index in [1.54, 1.807) is 0 Å². The zero-order valence-corrected chi connectivity index (χ0v) is 13.0. The smallest absolute Gasteiger partial charge is 0.142 e. The highest BCUT2D eigenvalue weighted by Crippen LogP contribution is 2.56. The predicted octanol–water partition coefficient (Wildman–Crippen LogP) is 4.20. The molecule has 2 atom stereocenters. The minimum absolute atomic E-state index is 0.0215. The quantitative estimate of drug-likeness (QED) is 0.408. The molecule has 2 heterocycles. The van der Waals surface area contributed by atoms with Crippen molar-refractivity contribution in [2.45, 2.75) is 21.9 Å². The molecular weight excluding hydrogens is 432 g/mol. The van der Waals surface area contributed by atoms with Crippen LogP contribution in [0.1, 0.15) is 6.92 Å². The Morgan fingerprint density at radius 1 is 1.31 bits per heavy atom. The Hall–Kier alpha value is 1.36. The van der Waals surface area contributed by atoms with Gasteiger partial charge in [-0.1, -0.05) is 69.8 Å². The van der Waals surface area contributed by atoms with Gasteiger partial charge in [0.25, 0.3) is 0 Å². The van der Waals surface area contributed by atoms with Gasteiger partial charge in [-0.05, 0) is 13.0 Å². The molecule has 0 amide bonds. The molecule has 2 rings (SSSR count). The fourth-order valence-corrected chi connectivity index (χ4v) is 4.00. The Bertz CT molecular complexity index is 320. The molecule has 0 radical (unpaired) electrons. The van der Waals surface area contributed by atoms with E-state index >= 15 is 0 Å². The molecule has 1 nitrogen and oxygen atoms in total. The molecule has 72 valence electrons. The molecule has 0 saturated heterocycles. The van der Waals surface area contributed by atoms with Gasteiger partial charge < -0.3 is 4.74 Å². The SMILES string of the molecule is C[C@]12C=C[C@H](O1)C(Br)(Br)C(Br)=C2Br. The number of alkyl halides is 2. The van der Waals surface area contributed by atoms with Crippen molar-refractivity contribution in [3.05, 3.63) is 21.1 Å². The molecule has 0 unspecified atom stereocenters. The largest absolute Gasteiger partial charge is 0.356 e. The van der Waals surface area contributed by atoms with Gasteiger partial charge in [0.05, 0.1) is 0 Å². The van der Waals surface area contributed by atoms with Gasteiger partial charge in [-0.15, -0.1) is 0 Å². The topological polar surface area (TPSA) is 9.23 Å². The highest BCUT2D eigenvalue weighted by atomic mass is 79.9. The van der Waals surface area contributed by atoms with E-state index < -0.39 is 0 Å². The van der Waals surface area contributed by atoms with E-state index in [1.807, 2.05) is 6.92 Å². The summed E-state index contributed by atoms with van der Waals surface area (Å²) in [6, 6.07) is 0. The first-order chi connectivity index (χ1) is 5.88. The second-order valence-electron chi connectivity index (χ2n) is 3.26. The van der Waals surface area contributed by atoms with E-state index in [2.05, 4.69) is 75.9 Å². The molecule has 0 aromatic rings. The summed E-state index contributed by atoms with van der Waals surface area (Å²) in [5.41, 5.74) is -0.311. The highest BCUT2D eigenvalue weighted by Gasteiger charge is 2.51. The summed E-state index contributed by atoms with van der Waals surface area (Å²) in [5.74, 6) is 0. The van der Waals surface area contributed by atoms with Gasteiger partial charge in [-0.25, -0.2) is 0 Å². The minimum Gasteiger partial charge on any atom is -0.356 e. The summed E-state index contributed by atoms with van der Waals surface area (Å²) in [6.45, 7) is 2.03. The lowest BCUT2D eigenvalue weighted by Gasteiger charge is -2.38. The van der Waals surface area contributed by atoms with Crippen LogP contribution >= 0.6 is 63.7 Å². The van der Waals surface area contributed by atoms with Gasteiger partial charge in [0.15, 0.2) is 0 Å². The zero-order valence-electron chi connectivity index (χ0n) is 6.65. The Kier molecular flexibility index (Phi) is 2.65. The van der Waals surface area contributed by atoms with E-state index in [1.165, 1.54) is 0 Å². The van der Waals surface area contributed by atoms with Crippen LogP contribution in [0, 0.1) is 0 Å². The molecular formula is C8H6Br4O. The maximum Gasteiger partial charge on any atom is 0.142 e. The molecule has 5 heteroatoms. The Morgan fingerprint density at radius 3 is 2.54 bits per heavy atom. The van der Waals surface area contributed by atoms with E-state index in [-0.39, 0.29) is 14.9 Å². The summed E-state index contributed by atoms with van der Waals surface area (Å²) in [5, 5.41) is 0. The van der Waals surface area contributed by atoms with Crippen molar-refractivity contribution < 1.29 is 4.74 Å². The second kappa shape index (κ2) is 3.17. The van der Waals surface area contributed by atoms with E-state index in [0.717, 1.165) is 8.96 Å². The molecule has 0 spiro atoms. The number of ether oxygens (including phenoxy) is 1. The number of fused-ring (bicyclic) bond motifs is 2. The van der Waals surface area contributed by atoms with Crippen LogP contribution < -0.4 is 0 Å². The molecule has 2 aliphatic heterocycles. The molecule has 0 saturated carbocycles. The van der Waals surface area contributed by atoms with Crippen LogP contribution in [0.4, 0.5) is 0 Å². The number of rotatable bonds is 0. The molecule has 13 heavy (non-hydrogen) atoms. The van der Waals surface area contributed by atoms with Crippen molar-refractivity contribution in [1.29, 1.82) is 0 Å². The highest BCUT2D eigenvalue weighted by molar-refractivity contribution is 9.26. The molecule has 0 aromatic carbocycles. The molecule has 0 aromatic heterocycles. The van der Waals surface area contributed by atoms with Crippen LogP contribution in [0.15, 0.2) is 21.1 Å². The lowest BCUT2D eigenvalue weighted by molar-refractivity contribution is 0.0113. The summed E-state index contributed by atoms with van der Waals surface area (Å²) in [6.07, 6.45) is 4.14. The molecule has 0 N–H and O–H groups in total. The second-order valence-corrected chi connectivity index (χ2v) is 8.41. The average molecular weight is 438 g/mol. The lowest BCUT2D eigenvalue weighted by atomic mass is 10.1. The fourth-order valence-electron chi connectivity index (χ4n) is 1.42. The Morgan fingerprint density at radius 2 is 1.92 bits per heavy atom. The summed E-state index contributed by atoms with van der Waals surface area (Å²) in [7, 11) is 0. The maximum atomic E-state index is 5.84. The lowest BCUT2D eigenvalue weighted by Crippen LogP contribution is -2.41. The van der Waals surface area contributed by atoms with Gasteiger partial charge >= 0.3 is 0 Å². The number of halogens is 4. The maximum absolute atomic E-state index is 5.84. The Balaban J connectivity index is 2.59. The normalized spacial score (nSPS) is 41.5. The van der Waals surface area contributed by atoms with Gasteiger partial charge in [0, 0.05) is 8.96 Å². The minimum atomic E-state index is -0.342. The third kappa shape index (κ3) is 1.46. The van der Waals surface area contributed by atoms with Crippen LogP contribution in [-0.4, -0.2) is 14.9 Å². The first kappa shape index (κ1) is 10.9. The predicted molar refractivity (Wildman–Crippen MR) is 67.9 cm³/mol. The van der Waals surface area contributed by atoms with Crippen molar-refractivity contribution in [3.63, 3.8) is 0 Å². The first-order valence-corrected chi connectivity index (χ1v) is 6.86. The average Bonchev–Trinajstić information content (AvgIpc) is 2.43. The molecule has 2 aliphatic rings. The van der Waals surface area contributed by atoms with Gasteiger partial charge in [0.2, 0.25) is 0 Å². The summed E-state index contributed by atoms with van der Waals surface area (Å²) < 4.78 is 7.56. The van der Waals surface area contributed by atoms with Crippen molar-refractivity contribution in [1.82, 2.24) is 0 Å². The molecule has 0 fully saturated rings. The van der Waals surface area contributed by atoms with Crippen LogP contribution in [0.3, 0.4) is 0 Å². The molecule has 0 aliphatic carbocycles. The van der Waals surface area contributed by atoms with Crippen molar-refractivity contribution >= 4 is 63.7 Å². The summed E-state index contributed by atoms with van der Waals surface area (Å²) in [4.78, 5) is 0. The van der Waals surface area contributed by atoms with Crippen molar-refractivity contribution in [3.8, 4) is 0 Å². The molecule has 2 bridgehead atoms. The van der Waals surface area contributed by atoms with Crippen LogP contribution in [0.2, 0.25) is 0 Å². The van der Waals surface area contributed by atoms with Crippen LogP contribution in [0.25, 0.3) is 0 Å². The van der Waals surface area contributed by atoms with E-state index in [0.29, 0.717) is 0 Å². The number of hydrogen-bond donors (Lipinski definition) is 0. The van der Waals surface area contributed by atoms with Crippen molar-refractivity contribution in [2.24, 2.45) is 0 Å². The standard InChI is InChI=1S/C8H6Br4O/c1-7-3-2-4(13-7)8(11,12)6(10)5(7)9/h2-4H,1H3/t4-,7+/m0/s1. The van der Waals surface area contributed by atoms with Gasteiger partial charge in [-0.2, -0.15) is 0 Å². The number of hydrogen-bond acceptors (Lipinski definition) is 1. The van der Waals surface area contributed by atoms with Gasteiger partial charge in [-0.3, -0.25) is 0 Å². The zero-order chi connectivity index (χ0) is 9.85. The summed E-state index contributed by atoms with van der Waals surface area (Å²) >= 11 is 14.2. The third-order valence-electron chi connectivity index (χ3n) is 2.24. The van der Waals surface area contributed by atoms with E-state index in [9.17, 15) is 0 Å². The fraction of sp³-hybridized carbons (Fsp3) is 0.500. The monoisotopic (exact) mass is 434 g/mol. The van der Waals surface area contributed by atoms with Crippen molar-refractivity contribution in [2.75, 3.05) is 0 Å². The van der Waals surface area contributed by atoms with E-state index in [4.69, 9.17) is 4.74 Å². The van der Waals surface area contributed by atoms with Gasteiger partial charge in [0.1, 0.15) is 14.9 Å². The van der Waals surface area contributed by atoms with Crippen LogP contribution in [0.5, 0.6) is 0 Å². The first-order valence-electron chi connectivity index (χ1n) is 3.69.